The molecule has 5 nitrogen and oxygen atoms in total. The van der Waals surface area contributed by atoms with Crippen molar-refractivity contribution in [1.29, 1.82) is 0 Å². The van der Waals surface area contributed by atoms with Crippen molar-refractivity contribution in [1.82, 2.24) is 5.32 Å². The van der Waals surface area contributed by atoms with E-state index in [2.05, 4.69) is 5.32 Å². The lowest BCUT2D eigenvalue weighted by molar-refractivity contribution is -0.119. The fraction of sp³-hybridized carbons (Fsp3) is 0.208. The second kappa shape index (κ2) is 11.4. The number of carbonyl (C=O) groups is 1. The molecule has 0 aliphatic heterocycles. The van der Waals surface area contributed by atoms with Crippen LogP contribution in [0.15, 0.2) is 88.7 Å². The van der Waals surface area contributed by atoms with Crippen molar-refractivity contribution in [3.8, 4) is 0 Å². The van der Waals surface area contributed by atoms with E-state index in [1.165, 1.54) is 12.1 Å². The number of hydrogen-bond acceptors (Lipinski definition) is 4. The van der Waals surface area contributed by atoms with Gasteiger partial charge in [-0.3, -0.25) is 9.10 Å². The summed E-state index contributed by atoms with van der Waals surface area (Å²) in [6.07, 6.45) is 0.845. The Labute approximate surface area is 198 Å². The van der Waals surface area contributed by atoms with Gasteiger partial charge in [-0.05, 0) is 60.5 Å². The van der Waals surface area contributed by atoms with E-state index in [0.29, 0.717) is 23.0 Å². The van der Waals surface area contributed by atoms with Gasteiger partial charge >= 0.3 is 0 Å². The molecule has 0 aliphatic carbocycles. The van der Waals surface area contributed by atoms with Gasteiger partial charge in [0.2, 0.25) is 5.91 Å². The van der Waals surface area contributed by atoms with Crippen LogP contribution in [0, 0.1) is 0 Å². The molecular weight excluding hydrogens is 464 g/mol. The number of benzene rings is 3. The molecule has 0 aromatic heterocycles. The number of anilines is 1. The number of carbonyl (C=O) groups excluding carboxylic acids is 1. The molecule has 0 heterocycles. The van der Waals surface area contributed by atoms with Crippen LogP contribution in [0.1, 0.15) is 12.5 Å². The van der Waals surface area contributed by atoms with Crippen LogP contribution in [0.5, 0.6) is 0 Å². The van der Waals surface area contributed by atoms with Gasteiger partial charge in [0, 0.05) is 22.2 Å². The second-order valence-corrected chi connectivity index (χ2v) is 10.5. The summed E-state index contributed by atoms with van der Waals surface area (Å²) < 4.78 is 27.7. The van der Waals surface area contributed by atoms with E-state index >= 15 is 0 Å². The van der Waals surface area contributed by atoms with E-state index in [9.17, 15) is 13.2 Å². The molecule has 1 N–H and O–H groups in total. The molecule has 168 valence electrons. The molecule has 0 saturated carbocycles. The quantitative estimate of drug-likeness (QED) is 0.322. The number of nitrogens with zero attached hydrogens (tertiary/aromatic N) is 1. The number of sulfonamides is 1. The van der Waals surface area contributed by atoms with Crippen molar-refractivity contribution < 1.29 is 13.2 Å². The van der Waals surface area contributed by atoms with Crippen molar-refractivity contribution in [2.45, 2.75) is 23.1 Å². The standard InChI is InChI=1S/C24H25ClN2O3S2/c1-2-19-8-12-21(13-9-19)27(32(29,30)23-6-4-3-5-7-23)18-24(28)26-16-17-31-22-14-10-20(25)11-15-22/h3-15H,2,16-18H2,1H3,(H,26,28). The number of nitrogens with one attached hydrogen (secondary N) is 1. The minimum atomic E-state index is -3.89. The third-order valence-electron chi connectivity index (χ3n) is 4.76. The van der Waals surface area contributed by atoms with Gasteiger partial charge in [-0.25, -0.2) is 8.42 Å². The molecule has 1 amide bonds. The molecule has 3 aromatic rings. The van der Waals surface area contributed by atoms with Crippen molar-refractivity contribution in [3.05, 3.63) is 89.4 Å². The zero-order valence-electron chi connectivity index (χ0n) is 17.7. The second-order valence-electron chi connectivity index (χ2n) is 7.00. The van der Waals surface area contributed by atoms with Gasteiger partial charge in [-0.1, -0.05) is 48.9 Å². The highest BCUT2D eigenvalue weighted by Crippen LogP contribution is 2.24. The summed E-state index contributed by atoms with van der Waals surface area (Å²) in [6, 6.07) is 22.9. The highest BCUT2D eigenvalue weighted by Gasteiger charge is 2.27. The summed E-state index contributed by atoms with van der Waals surface area (Å²) in [5, 5.41) is 3.49. The number of amides is 1. The topological polar surface area (TPSA) is 66.5 Å². The zero-order chi connectivity index (χ0) is 23.0. The van der Waals surface area contributed by atoms with Crippen LogP contribution in [-0.4, -0.2) is 33.2 Å². The average Bonchev–Trinajstić information content (AvgIpc) is 2.82. The first-order chi connectivity index (χ1) is 15.4. The van der Waals surface area contributed by atoms with Crippen LogP contribution in [0.3, 0.4) is 0 Å². The molecule has 0 atom stereocenters. The molecule has 0 spiro atoms. The van der Waals surface area contributed by atoms with E-state index < -0.39 is 10.0 Å². The number of aryl methyl sites for hydroxylation is 1. The van der Waals surface area contributed by atoms with Gasteiger partial charge in [0.25, 0.3) is 10.0 Å². The third kappa shape index (κ3) is 6.51. The first-order valence-electron chi connectivity index (χ1n) is 10.2. The lowest BCUT2D eigenvalue weighted by Gasteiger charge is -2.24. The summed E-state index contributed by atoms with van der Waals surface area (Å²) >= 11 is 7.48. The van der Waals surface area contributed by atoms with Crippen molar-refractivity contribution in [3.63, 3.8) is 0 Å². The Morgan fingerprint density at radius 1 is 0.969 bits per heavy atom. The molecule has 0 radical (unpaired) electrons. The molecular formula is C24H25ClN2O3S2. The van der Waals surface area contributed by atoms with E-state index in [1.807, 2.05) is 43.3 Å². The number of rotatable bonds is 10. The van der Waals surface area contributed by atoms with E-state index in [0.717, 1.165) is 21.2 Å². The van der Waals surface area contributed by atoms with Gasteiger partial charge in [0.15, 0.2) is 0 Å². The Balaban J connectivity index is 1.69. The molecule has 8 heteroatoms. The van der Waals surface area contributed by atoms with Crippen LogP contribution in [0.25, 0.3) is 0 Å². The van der Waals surface area contributed by atoms with Crippen molar-refractivity contribution in [2.75, 3.05) is 23.1 Å². The van der Waals surface area contributed by atoms with Crippen molar-refractivity contribution in [2.24, 2.45) is 0 Å². The van der Waals surface area contributed by atoms with Gasteiger partial charge in [0.1, 0.15) is 6.54 Å². The molecule has 0 unspecified atom stereocenters. The molecule has 32 heavy (non-hydrogen) atoms. The zero-order valence-corrected chi connectivity index (χ0v) is 20.1. The van der Waals surface area contributed by atoms with Gasteiger partial charge in [-0.2, -0.15) is 0 Å². The molecule has 0 fully saturated rings. The SMILES string of the molecule is CCc1ccc(N(CC(=O)NCCSc2ccc(Cl)cc2)S(=O)(=O)c2ccccc2)cc1. The first kappa shape index (κ1) is 24.2. The number of thioether (sulfide) groups is 1. The van der Waals surface area contributed by atoms with E-state index in [1.54, 1.807) is 42.1 Å². The maximum absolute atomic E-state index is 13.3. The van der Waals surface area contributed by atoms with E-state index in [4.69, 9.17) is 11.6 Å². The Kier molecular flexibility index (Phi) is 8.61. The normalized spacial score (nSPS) is 11.2. The van der Waals surface area contributed by atoms with Crippen molar-refractivity contribution >= 4 is 45.0 Å². The maximum Gasteiger partial charge on any atom is 0.264 e. The summed E-state index contributed by atoms with van der Waals surface area (Å²) in [5.41, 5.74) is 1.55. The van der Waals surface area contributed by atoms with Crippen LogP contribution < -0.4 is 9.62 Å². The first-order valence-corrected chi connectivity index (χ1v) is 13.0. The fourth-order valence-corrected chi connectivity index (χ4v) is 5.35. The highest BCUT2D eigenvalue weighted by molar-refractivity contribution is 7.99. The van der Waals surface area contributed by atoms with Gasteiger partial charge < -0.3 is 5.32 Å². The largest absolute Gasteiger partial charge is 0.354 e. The smallest absolute Gasteiger partial charge is 0.264 e. The Hall–Kier alpha value is -2.48. The minimum absolute atomic E-state index is 0.144. The molecule has 0 bridgehead atoms. The van der Waals surface area contributed by atoms with Gasteiger partial charge in [-0.15, -0.1) is 11.8 Å². The monoisotopic (exact) mass is 488 g/mol. The summed E-state index contributed by atoms with van der Waals surface area (Å²) in [5.74, 6) is 0.296. The Bertz CT molecular complexity index is 1120. The van der Waals surface area contributed by atoms with Crippen LogP contribution in [0.2, 0.25) is 5.02 Å². The van der Waals surface area contributed by atoms with Crippen LogP contribution >= 0.6 is 23.4 Å². The van der Waals surface area contributed by atoms with Gasteiger partial charge in [0.05, 0.1) is 10.6 Å². The summed E-state index contributed by atoms with van der Waals surface area (Å²) in [7, 11) is -3.89. The Morgan fingerprint density at radius 2 is 1.62 bits per heavy atom. The molecule has 3 aromatic carbocycles. The maximum atomic E-state index is 13.3. The van der Waals surface area contributed by atoms with Crippen LogP contribution in [0.4, 0.5) is 5.69 Å². The fourth-order valence-electron chi connectivity index (χ4n) is 3.01. The predicted molar refractivity (Wildman–Crippen MR) is 132 cm³/mol. The average molecular weight is 489 g/mol. The summed E-state index contributed by atoms with van der Waals surface area (Å²) in [4.78, 5) is 13.8. The third-order valence-corrected chi connectivity index (χ3v) is 7.81. The number of hydrogen-bond donors (Lipinski definition) is 1. The molecule has 0 aliphatic rings. The molecule has 3 rings (SSSR count). The minimum Gasteiger partial charge on any atom is -0.354 e. The predicted octanol–water partition coefficient (Wildman–Crippen LogP) is 5.01. The summed E-state index contributed by atoms with van der Waals surface area (Å²) in [6.45, 7) is 2.15. The Morgan fingerprint density at radius 3 is 2.25 bits per heavy atom. The number of halogens is 1. The lowest BCUT2D eigenvalue weighted by Crippen LogP contribution is -2.41. The van der Waals surface area contributed by atoms with Crippen LogP contribution in [-0.2, 0) is 21.2 Å². The lowest BCUT2D eigenvalue weighted by atomic mass is 10.1. The van der Waals surface area contributed by atoms with E-state index in [-0.39, 0.29) is 17.3 Å². The highest BCUT2D eigenvalue weighted by atomic mass is 35.5. The molecule has 0 saturated heterocycles.